The molecule has 0 radical (unpaired) electrons. The molecule has 1 unspecified atom stereocenters. The summed E-state index contributed by atoms with van der Waals surface area (Å²) >= 11 is 0. The Balaban J connectivity index is 3.35. The summed E-state index contributed by atoms with van der Waals surface area (Å²) in [4.78, 5) is 0. The van der Waals surface area contributed by atoms with Crippen LogP contribution in [0.15, 0.2) is 0 Å². The third kappa shape index (κ3) is 11.6. The molecule has 0 saturated heterocycles. The van der Waals surface area contributed by atoms with Crippen LogP contribution in [0.25, 0.3) is 0 Å². The van der Waals surface area contributed by atoms with E-state index in [-0.39, 0.29) is 0 Å². The maximum absolute atomic E-state index is 5.60. The van der Waals surface area contributed by atoms with Crippen LogP contribution in [0.3, 0.4) is 0 Å². The molecule has 0 amide bonds. The van der Waals surface area contributed by atoms with Crippen LogP contribution in [0, 0.1) is 0 Å². The van der Waals surface area contributed by atoms with E-state index in [1.165, 1.54) is 62.5 Å². The van der Waals surface area contributed by atoms with Crippen LogP contribution in [-0.2, 0) is 15.3 Å². The van der Waals surface area contributed by atoms with Gasteiger partial charge in [0.2, 0.25) is 0 Å². The zero-order valence-electron chi connectivity index (χ0n) is 13.4. The minimum absolute atomic E-state index is 0.653. The second kappa shape index (κ2) is 11.4. The van der Waals surface area contributed by atoms with Gasteiger partial charge in [0.1, 0.15) is 11.5 Å². The molecule has 1 nitrogen and oxygen atoms in total. The molecule has 0 bridgehead atoms. The molecule has 0 spiro atoms. The Morgan fingerprint density at radius 1 is 0.889 bits per heavy atom. The molecular formula is C15H35OSSi+. The molecular weight excluding hydrogens is 256 g/mol. The Bertz CT molecular complexity index is 185. The quantitative estimate of drug-likeness (QED) is 0.284. The predicted octanol–water partition coefficient (Wildman–Crippen LogP) is 4.84. The van der Waals surface area contributed by atoms with E-state index < -0.39 is 8.32 Å². The summed E-state index contributed by atoms with van der Waals surface area (Å²) in [5.41, 5.74) is 0. The van der Waals surface area contributed by atoms with Gasteiger partial charge in [0.25, 0.3) is 0 Å². The van der Waals surface area contributed by atoms with Crippen molar-refractivity contribution < 1.29 is 4.43 Å². The SMILES string of the molecule is CCCCCCCC[S+](C)CCC[Si](C)(C)OC. The van der Waals surface area contributed by atoms with E-state index in [0.29, 0.717) is 10.9 Å². The number of rotatable bonds is 12. The van der Waals surface area contributed by atoms with Gasteiger partial charge in [-0.2, -0.15) is 0 Å². The highest BCUT2D eigenvalue weighted by Crippen LogP contribution is 2.14. The van der Waals surface area contributed by atoms with Crippen molar-refractivity contribution in [3.8, 4) is 0 Å². The molecule has 0 aliphatic rings. The first kappa shape index (κ1) is 18.5. The molecule has 0 aromatic rings. The highest BCUT2D eigenvalue weighted by molar-refractivity contribution is 7.96. The van der Waals surface area contributed by atoms with E-state index in [2.05, 4.69) is 26.3 Å². The van der Waals surface area contributed by atoms with Crippen molar-refractivity contribution in [2.75, 3.05) is 24.9 Å². The highest BCUT2D eigenvalue weighted by Gasteiger charge is 2.21. The van der Waals surface area contributed by atoms with Crippen molar-refractivity contribution in [1.82, 2.24) is 0 Å². The first-order chi connectivity index (χ1) is 8.52. The number of hydrogen-bond acceptors (Lipinski definition) is 1. The summed E-state index contributed by atoms with van der Waals surface area (Å²) in [5.74, 6) is 2.88. The van der Waals surface area contributed by atoms with Gasteiger partial charge in [-0.3, -0.25) is 0 Å². The fraction of sp³-hybridized carbons (Fsp3) is 1.00. The molecule has 0 aliphatic carbocycles. The molecule has 0 rings (SSSR count). The first-order valence-corrected chi connectivity index (χ1v) is 12.7. The molecule has 110 valence electrons. The van der Waals surface area contributed by atoms with Crippen LogP contribution in [0.1, 0.15) is 51.9 Å². The Kier molecular flexibility index (Phi) is 11.7. The molecule has 0 saturated carbocycles. The summed E-state index contributed by atoms with van der Waals surface area (Å²) in [6.45, 7) is 6.94. The molecule has 3 heteroatoms. The topological polar surface area (TPSA) is 9.23 Å². The van der Waals surface area contributed by atoms with Crippen molar-refractivity contribution in [3.63, 3.8) is 0 Å². The molecule has 0 fully saturated rings. The van der Waals surface area contributed by atoms with Crippen LogP contribution >= 0.6 is 0 Å². The Hall–Kier alpha value is 0.527. The Labute approximate surface area is 120 Å². The summed E-state index contributed by atoms with van der Waals surface area (Å²) < 4.78 is 5.60. The lowest BCUT2D eigenvalue weighted by Gasteiger charge is -2.19. The summed E-state index contributed by atoms with van der Waals surface area (Å²) in [5, 5.41) is 0. The van der Waals surface area contributed by atoms with Gasteiger partial charge in [-0.15, -0.1) is 0 Å². The smallest absolute Gasteiger partial charge is 0.186 e. The van der Waals surface area contributed by atoms with E-state index in [0.717, 1.165) is 0 Å². The summed E-state index contributed by atoms with van der Waals surface area (Å²) in [6, 6.07) is 1.33. The van der Waals surface area contributed by atoms with Crippen LogP contribution < -0.4 is 0 Å². The number of hydrogen-bond donors (Lipinski definition) is 0. The molecule has 1 atom stereocenters. The van der Waals surface area contributed by atoms with Crippen molar-refractivity contribution in [3.05, 3.63) is 0 Å². The summed E-state index contributed by atoms with van der Waals surface area (Å²) in [7, 11) is 1.24. The van der Waals surface area contributed by atoms with Crippen molar-refractivity contribution in [2.45, 2.75) is 71.0 Å². The molecule has 18 heavy (non-hydrogen) atoms. The minimum atomic E-state index is -1.29. The largest absolute Gasteiger partial charge is 0.420 e. The Morgan fingerprint density at radius 3 is 2.06 bits per heavy atom. The van der Waals surface area contributed by atoms with Gasteiger partial charge in [-0.1, -0.05) is 32.6 Å². The van der Waals surface area contributed by atoms with Crippen LogP contribution in [0.5, 0.6) is 0 Å². The maximum atomic E-state index is 5.60. The van der Waals surface area contributed by atoms with E-state index in [1.54, 1.807) is 0 Å². The fourth-order valence-corrected chi connectivity index (χ4v) is 5.10. The minimum Gasteiger partial charge on any atom is -0.420 e. The normalized spacial score (nSPS) is 13.8. The molecule has 0 heterocycles. The number of unbranched alkanes of at least 4 members (excludes halogenated alkanes) is 5. The van der Waals surface area contributed by atoms with E-state index in [4.69, 9.17) is 4.43 Å². The van der Waals surface area contributed by atoms with Crippen LogP contribution in [-0.4, -0.2) is 33.2 Å². The lowest BCUT2D eigenvalue weighted by atomic mass is 10.1. The van der Waals surface area contributed by atoms with Gasteiger partial charge in [0, 0.05) is 7.11 Å². The van der Waals surface area contributed by atoms with Crippen molar-refractivity contribution in [2.24, 2.45) is 0 Å². The van der Waals surface area contributed by atoms with Gasteiger partial charge in [0.05, 0.1) is 6.26 Å². The van der Waals surface area contributed by atoms with Crippen LogP contribution in [0.2, 0.25) is 19.1 Å². The van der Waals surface area contributed by atoms with Crippen LogP contribution in [0.4, 0.5) is 0 Å². The molecule has 0 N–H and O–H groups in total. The van der Waals surface area contributed by atoms with Gasteiger partial charge < -0.3 is 4.43 Å². The standard InChI is InChI=1S/C15H35OSSi/c1-6-7-8-9-10-11-13-17(3)14-12-15-18(4,5)16-2/h6-15H2,1-5H3/q+1. The second-order valence-electron chi connectivity index (χ2n) is 6.02. The van der Waals surface area contributed by atoms with Gasteiger partial charge in [0.15, 0.2) is 8.32 Å². The zero-order valence-corrected chi connectivity index (χ0v) is 15.2. The lowest BCUT2D eigenvalue weighted by Crippen LogP contribution is -2.29. The predicted molar refractivity (Wildman–Crippen MR) is 90.3 cm³/mol. The van der Waals surface area contributed by atoms with Crippen molar-refractivity contribution >= 4 is 19.2 Å². The van der Waals surface area contributed by atoms with Crippen molar-refractivity contribution in [1.29, 1.82) is 0 Å². The second-order valence-corrected chi connectivity index (χ2v) is 12.8. The maximum Gasteiger partial charge on any atom is 0.186 e. The molecule has 0 aliphatic heterocycles. The lowest BCUT2D eigenvalue weighted by molar-refractivity contribution is 0.403. The van der Waals surface area contributed by atoms with E-state index in [1.807, 2.05) is 7.11 Å². The first-order valence-electron chi connectivity index (χ1n) is 7.66. The third-order valence-corrected chi connectivity index (χ3v) is 8.30. The highest BCUT2D eigenvalue weighted by atomic mass is 32.2. The average Bonchev–Trinajstić information content (AvgIpc) is 2.33. The monoisotopic (exact) mass is 291 g/mol. The molecule has 0 aromatic heterocycles. The van der Waals surface area contributed by atoms with Gasteiger partial charge in [-0.25, -0.2) is 0 Å². The molecule has 0 aromatic carbocycles. The van der Waals surface area contributed by atoms with E-state index >= 15 is 0 Å². The van der Waals surface area contributed by atoms with E-state index in [9.17, 15) is 0 Å². The Morgan fingerprint density at radius 2 is 1.44 bits per heavy atom. The zero-order chi connectivity index (χ0) is 13.9. The fourth-order valence-electron chi connectivity index (χ4n) is 2.08. The summed E-state index contributed by atoms with van der Waals surface area (Å²) in [6.07, 6.45) is 12.4. The van der Waals surface area contributed by atoms with Gasteiger partial charge >= 0.3 is 0 Å². The van der Waals surface area contributed by atoms with Gasteiger partial charge in [-0.05, 0) is 49.3 Å². The average molecular weight is 292 g/mol. The third-order valence-electron chi connectivity index (χ3n) is 3.67.